The molecule has 1 N–H and O–H groups in total. The van der Waals surface area contributed by atoms with Crippen molar-refractivity contribution < 1.29 is 9.59 Å². The number of halogens is 1. The molecule has 0 fully saturated rings. The maximum atomic E-state index is 12.6. The van der Waals surface area contributed by atoms with E-state index >= 15 is 0 Å². The Morgan fingerprint density at radius 1 is 0.840 bits per heavy atom. The van der Waals surface area contributed by atoms with Crippen LogP contribution in [0.3, 0.4) is 0 Å². The third-order valence-electron chi connectivity index (χ3n) is 3.79. The average Bonchev–Trinajstić information content (AvgIpc) is 2.63. The molecule has 0 aliphatic carbocycles. The van der Waals surface area contributed by atoms with Crippen LogP contribution in [-0.2, 0) is 6.42 Å². The lowest BCUT2D eigenvalue weighted by Gasteiger charge is -2.10. The number of nitrogens with one attached hydrogen (secondary N) is 1. The number of hydrogen-bond donors (Lipinski definition) is 1. The molecular weight excluding hydrogens is 334 g/mol. The molecule has 124 valence electrons. The van der Waals surface area contributed by atoms with Gasteiger partial charge in [-0.15, -0.1) is 0 Å². The summed E-state index contributed by atoms with van der Waals surface area (Å²) in [6.07, 6.45) is 0.138. The molecule has 1 amide bonds. The molecule has 3 nitrogen and oxygen atoms in total. The van der Waals surface area contributed by atoms with Gasteiger partial charge in [-0.25, -0.2) is 0 Å². The molecule has 0 bridgehead atoms. The van der Waals surface area contributed by atoms with Gasteiger partial charge in [0.2, 0.25) is 0 Å². The fraction of sp³-hybridized carbons (Fsp3) is 0.0476. The summed E-state index contributed by atoms with van der Waals surface area (Å²) < 4.78 is 0. The van der Waals surface area contributed by atoms with Gasteiger partial charge in [0, 0.05) is 28.3 Å². The lowest BCUT2D eigenvalue weighted by molar-refractivity contribution is 0.0992. The molecule has 0 spiro atoms. The van der Waals surface area contributed by atoms with E-state index in [1.54, 1.807) is 42.5 Å². The van der Waals surface area contributed by atoms with Crippen LogP contribution in [0.5, 0.6) is 0 Å². The van der Waals surface area contributed by atoms with E-state index in [-0.39, 0.29) is 18.1 Å². The third-order valence-corrected chi connectivity index (χ3v) is 4.03. The standard InChI is InChI=1S/C21H16ClNO2/c22-17-9-6-8-16(13-17)20(24)14-15-7-4-5-12-19(15)21(25)23-18-10-2-1-3-11-18/h1-13H,14H2,(H,23,25). The van der Waals surface area contributed by atoms with Crippen molar-refractivity contribution in [2.75, 3.05) is 5.32 Å². The predicted molar refractivity (Wildman–Crippen MR) is 100 cm³/mol. The summed E-state index contributed by atoms with van der Waals surface area (Å²) in [6, 6.07) is 23.2. The molecule has 0 saturated heterocycles. The second-order valence-corrected chi connectivity index (χ2v) is 6.02. The minimum atomic E-state index is -0.235. The Morgan fingerprint density at radius 3 is 2.32 bits per heavy atom. The van der Waals surface area contributed by atoms with Crippen molar-refractivity contribution in [3.8, 4) is 0 Å². The summed E-state index contributed by atoms with van der Waals surface area (Å²) in [5.74, 6) is -0.317. The van der Waals surface area contributed by atoms with Gasteiger partial charge in [0.05, 0.1) is 0 Å². The van der Waals surface area contributed by atoms with Crippen molar-refractivity contribution in [1.82, 2.24) is 0 Å². The Hall–Kier alpha value is -2.91. The Bertz CT molecular complexity index is 907. The number of hydrogen-bond acceptors (Lipinski definition) is 2. The first-order valence-corrected chi connectivity index (χ1v) is 8.24. The Kier molecular flexibility index (Phi) is 5.26. The van der Waals surface area contributed by atoms with E-state index in [4.69, 9.17) is 11.6 Å². The van der Waals surface area contributed by atoms with Crippen LogP contribution in [0.1, 0.15) is 26.3 Å². The van der Waals surface area contributed by atoms with E-state index in [2.05, 4.69) is 5.32 Å². The zero-order valence-electron chi connectivity index (χ0n) is 13.4. The van der Waals surface area contributed by atoms with E-state index < -0.39 is 0 Å². The molecule has 0 aromatic heterocycles. The van der Waals surface area contributed by atoms with Crippen LogP contribution < -0.4 is 5.32 Å². The van der Waals surface area contributed by atoms with Gasteiger partial charge in [-0.3, -0.25) is 9.59 Å². The molecule has 0 unspecified atom stereocenters. The van der Waals surface area contributed by atoms with Gasteiger partial charge < -0.3 is 5.32 Å². The van der Waals surface area contributed by atoms with Crippen molar-refractivity contribution in [3.05, 3.63) is 101 Å². The van der Waals surface area contributed by atoms with Crippen LogP contribution in [0.25, 0.3) is 0 Å². The van der Waals surface area contributed by atoms with E-state index in [9.17, 15) is 9.59 Å². The maximum Gasteiger partial charge on any atom is 0.255 e. The lowest BCUT2D eigenvalue weighted by Crippen LogP contribution is -2.16. The fourth-order valence-electron chi connectivity index (χ4n) is 2.55. The van der Waals surface area contributed by atoms with Gasteiger partial charge in [0.15, 0.2) is 5.78 Å². The van der Waals surface area contributed by atoms with Crippen molar-refractivity contribution in [2.45, 2.75) is 6.42 Å². The minimum Gasteiger partial charge on any atom is -0.322 e. The largest absolute Gasteiger partial charge is 0.322 e. The van der Waals surface area contributed by atoms with Crippen molar-refractivity contribution in [1.29, 1.82) is 0 Å². The van der Waals surface area contributed by atoms with Crippen LogP contribution in [0.15, 0.2) is 78.9 Å². The van der Waals surface area contributed by atoms with E-state index in [0.717, 1.165) is 0 Å². The fourth-order valence-corrected chi connectivity index (χ4v) is 2.74. The molecule has 3 aromatic carbocycles. The van der Waals surface area contributed by atoms with Gasteiger partial charge in [0.1, 0.15) is 0 Å². The summed E-state index contributed by atoms with van der Waals surface area (Å²) in [6.45, 7) is 0. The van der Waals surface area contributed by atoms with Crippen LogP contribution in [0, 0.1) is 0 Å². The van der Waals surface area contributed by atoms with Crippen molar-refractivity contribution in [2.24, 2.45) is 0 Å². The highest BCUT2D eigenvalue weighted by Crippen LogP contribution is 2.17. The second kappa shape index (κ2) is 7.77. The molecule has 0 heterocycles. The molecule has 3 aromatic rings. The molecule has 25 heavy (non-hydrogen) atoms. The van der Waals surface area contributed by atoms with Gasteiger partial charge in [0.25, 0.3) is 5.91 Å². The molecule has 0 radical (unpaired) electrons. The molecule has 0 aliphatic heterocycles. The Morgan fingerprint density at radius 2 is 1.56 bits per heavy atom. The minimum absolute atomic E-state index is 0.0811. The molecular formula is C21H16ClNO2. The molecule has 4 heteroatoms. The zero-order chi connectivity index (χ0) is 17.6. The van der Waals surface area contributed by atoms with E-state index in [1.807, 2.05) is 36.4 Å². The second-order valence-electron chi connectivity index (χ2n) is 5.59. The van der Waals surface area contributed by atoms with Gasteiger partial charge >= 0.3 is 0 Å². The topological polar surface area (TPSA) is 46.2 Å². The van der Waals surface area contributed by atoms with Gasteiger partial charge in [-0.1, -0.05) is 60.1 Å². The molecule has 0 saturated carbocycles. The lowest BCUT2D eigenvalue weighted by atomic mass is 9.98. The normalized spacial score (nSPS) is 10.3. The van der Waals surface area contributed by atoms with Crippen LogP contribution in [-0.4, -0.2) is 11.7 Å². The van der Waals surface area contributed by atoms with Crippen LogP contribution in [0.2, 0.25) is 5.02 Å². The predicted octanol–water partition coefficient (Wildman–Crippen LogP) is 5.02. The van der Waals surface area contributed by atoms with Crippen LogP contribution in [0.4, 0.5) is 5.69 Å². The molecule has 0 atom stereocenters. The number of carbonyl (C=O) groups excluding carboxylic acids is 2. The Balaban J connectivity index is 1.81. The highest BCUT2D eigenvalue weighted by molar-refractivity contribution is 6.31. The number of benzene rings is 3. The maximum absolute atomic E-state index is 12.6. The summed E-state index contributed by atoms with van der Waals surface area (Å²) in [5, 5.41) is 3.36. The summed E-state index contributed by atoms with van der Waals surface area (Å²) in [4.78, 5) is 25.1. The first-order chi connectivity index (χ1) is 12.1. The van der Waals surface area contributed by atoms with E-state index in [1.165, 1.54) is 0 Å². The average molecular weight is 350 g/mol. The monoisotopic (exact) mass is 349 g/mol. The third kappa shape index (κ3) is 4.34. The quantitative estimate of drug-likeness (QED) is 0.657. The number of Topliss-reactive ketones (excluding diaryl/α,β-unsaturated/α-hetero) is 1. The zero-order valence-corrected chi connectivity index (χ0v) is 14.2. The van der Waals surface area contributed by atoms with Crippen molar-refractivity contribution >= 4 is 29.0 Å². The van der Waals surface area contributed by atoms with Gasteiger partial charge in [-0.05, 0) is 35.9 Å². The Labute approximate surface area is 151 Å². The number of para-hydroxylation sites is 1. The van der Waals surface area contributed by atoms with E-state index in [0.29, 0.717) is 27.4 Å². The number of amides is 1. The summed E-state index contributed by atoms with van der Waals surface area (Å²) in [5.41, 5.74) is 2.41. The number of anilines is 1. The highest BCUT2D eigenvalue weighted by atomic mass is 35.5. The van der Waals surface area contributed by atoms with Gasteiger partial charge in [-0.2, -0.15) is 0 Å². The van der Waals surface area contributed by atoms with Crippen LogP contribution >= 0.6 is 11.6 Å². The first kappa shape index (κ1) is 16.9. The smallest absolute Gasteiger partial charge is 0.255 e. The summed E-state index contributed by atoms with van der Waals surface area (Å²) >= 11 is 5.95. The number of rotatable bonds is 5. The highest BCUT2D eigenvalue weighted by Gasteiger charge is 2.15. The van der Waals surface area contributed by atoms with Crippen molar-refractivity contribution in [3.63, 3.8) is 0 Å². The first-order valence-electron chi connectivity index (χ1n) is 7.86. The molecule has 3 rings (SSSR count). The molecule has 0 aliphatic rings. The summed E-state index contributed by atoms with van der Waals surface area (Å²) in [7, 11) is 0. The number of ketones is 1. The SMILES string of the molecule is O=C(Cc1ccccc1C(=O)Nc1ccccc1)c1cccc(Cl)c1. The number of carbonyl (C=O) groups is 2.